The third-order valence-electron chi connectivity index (χ3n) is 3.64. The number of aromatic nitrogens is 1. The van der Waals surface area contributed by atoms with Gasteiger partial charge in [0.1, 0.15) is 5.58 Å². The van der Waals surface area contributed by atoms with Crippen LogP contribution >= 0.6 is 0 Å². The van der Waals surface area contributed by atoms with Gasteiger partial charge in [0, 0.05) is 16.3 Å². The maximum atomic E-state index is 11.8. The number of carbonyl (C=O) groups is 1. The lowest BCUT2D eigenvalue weighted by Gasteiger charge is -2.03. The Morgan fingerprint density at radius 2 is 1.90 bits per heavy atom. The van der Waals surface area contributed by atoms with Crippen molar-refractivity contribution in [3.8, 4) is 0 Å². The summed E-state index contributed by atoms with van der Waals surface area (Å²) >= 11 is 0. The first kappa shape index (κ1) is 11.2. The Labute approximate surface area is 114 Å². The summed E-state index contributed by atoms with van der Waals surface area (Å²) in [6, 6.07) is 13.6. The molecule has 0 atom stereocenters. The van der Waals surface area contributed by atoms with E-state index < -0.39 is 0 Å². The topological polar surface area (TPSA) is 43.1 Å². The molecular formula is C17H11NO2. The quantitative estimate of drug-likeness (QED) is 0.479. The smallest absolute Gasteiger partial charge is 0.160 e. The van der Waals surface area contributed by atoms with E-state index >= 15 is 0 Å². The fourth-order valence-corrected chi connectivity index (χ4v) is 2.74. The van der Waals surface area contributed by atoms with E-state index in [0.717, 1.165) is 27.2 Å². The van der Waals surface area contributed by atoms with Gasteiger partial charge in [0.15, 0.2) is 5.78 Å². The molecule has 2 heterocycles. The lowest BCUT2D eigenvalue weighted by molar-refractivity contribution is 0.101. The Balaban J connectivity index is 2.31. The molecule has 4 rings (SSSR count). The van der Waals surface area contributed by atoms with Crippen LogP contribution in [0.5, 0.6) is 0 Å². The molecule has 0 saturated carbocycles. The minimum atomic E-state index is 0.0188. The van der Waals surface area contributed by atoms with Gasteiger partial charge in [-0.15, -0.1) is 0 Å². The van der Waals surface area contributed by atoms with Gasteiger partial charge in [-0.3, -0.25) is 4.79 Å². The summed E-state index contributed by atoms with van der Waals surface area (Å²) in [4.78, 5) is 16.5. The van der Waals surface area contributed by atoms with Crippen molar-refractivity contribution in [3.05, 3.63) is 54.3 Å². The first-order valence-corrected chi connectivity index (χ1v) is 6.45. The van der Waals surface area contributed by atoms with Crippen molar-refractivity contribution in [1.29, 1.82) is 0 Å². The van der Waals surface area contributed by atoms with Crippen molar-refractivity contribution >= 4 is 38.6 Å². The largest absolute Gasteiger partial charge is 0.464 e. The van der Waals surface area contributed by atoms with Gasteiger partial charge in [0.05, 0.1) is 22.7 Å². The minimum Gasteiger partial charge on any atom is -0.464 e. The standard InChI is InChI=1S/C17H11NO2/c1-10(19)11-8-9-20-15-7-6-13-12-4-2-3-5-14(12)18-17(13)16(11)15/h2-9H,1H3. The summed E-state index contributed by atoms with van der Waals surface area (Å²) < 4.78 is 5.51. The Morgan fingerprint density at radius 1 is 1.05 bits per heavy atom. The lowest BCUT2D eigenvalue weighted by atomic mass is 10.0. The van der Waals surface area contributed by atoms with Gasteiger partial charge in [-0.2, -0.15) is 0 Å². The number of rotatable bonds is 1. The van der Waals surface area contributed by atoms with Crippen molar-refractivity contribution in [2.45, 2.75) is 6.92 Å². The molecule has 20 heavy (non-hydrogen) atoms. The van der Waals surface area contributed by atoms with Crippen molar-refractivity contribution < 1.29 is 9.21 Å². The molecule has 0 aliphatic heterocycles. The van der Waals surface area contributed by atoms with Crippen LogP contribution in [-0.4, -0.2) is 10.8 Å². The van der Waals surface area contributed by atoms with Gasteiger partial charge in [-0.05, 0) is 31.2 Å². The summed E-state index contributed by atoms with van der Waals surface area (Å²) in [6.45, 7) is 1.57. The van der Waals surface area contributed by atoms with Gasteiger partial charge in [-0.1, -0.05) is 18.2 Å². The SMILES string of the molecule is CC(=O)c1ccoc2ccc3c4ccccc4nc3c12. The highest BCUT2D eigenvalue weighted by molar-refractivity contribution is 6.21. The van der Waals surface area contributed by atoms with E-state index in [2.05, 4.69) is 4.98 Å². The molecule has 96 valence electrons. The van der Waals surface area contributed by atoms with Gasteiger partial charge in [0.25, 0.3) is 0 Å². The minimum absolute atomic E-state index is 0.0188. The molecular weight excluding hydrogens is 250 g/mol. The van der Waals surface area contributed by atoms with E-state index in [1.54, 1.807) is 19.3 Å². The number of hydrogen-bond donors (Lipinski definition) is 0. The molecule has 0 amide bonds. The molecule has 2 aromatic carbocycles. The van der Waals surface area contributed by atoms with Gasteiger partial charge in [-0.25, -0.2) is 4.98 Å². The second kappa shape index (κ2) is 3.90. The highest BCUT2D eigenvalue weighted by atomic mass is 16.3. The molecule has 3 heteroatoms. The Kier molecular flexibility index (Phi) is 2.18. The van der Waals surface area contributed by atoms with E-state index in [0.29, 0.717) is 11.1 Å². The summed E-state index contributed by atoms with van der Waals surface area (Å²) in [5.74, 6) is 0.0188. The molecule has 0 fully saturated rings. The number of Topliss-reactive ketones (excluding diaryl/α,β-unsaturated/α-hetero) is 1. The maximum Gasteiger partial charge on any atom is 0.160 e. The van der Waals surface area contributed by atoms with E-state index in [1.807, 2.05) is 36.4 Å². The van der Waals surface area contributed by atoms with Gasteiger partial charge >= 0.3 is 0 Å². The van der Waals surface area contributed by atoms with E-state index in [-0.39, 0.29) is 5.78 Å². The van der Waals surface area contributed by atoms with Crippen LogP contribution in [0.3, 0.4) is 0 Å². The van der Waals surface area contributed by atoms with Crippen LogP contribution < -0.4 is 0 Å². The maximum absolute atomic E-state index is 11.8. The summed E-state index contributed by atoms with van der Waals surface area (Å²) in [5.41, 5.74) is 3.11. The Morgan fingerprint density at radius 3 is 2.75 bits per heavy atom. The zero-order chi connectivity index (χ0) is 13.7. The van der Waals surface area contributed by atoms with Crippen molar-refractivity contribution in [2.75, 3.05) is 0 Å². The van der Waals surface area contributed by atoms with Gasteiger partial charge < -0.3 is 4.42 Å². The fraction of sp³-hybridized carbons (Fsp3) is 0.0588. The number of nitrogens with zero attached hydrogens (tertiary/aromatic N) is 1. The molecule has 0 saturated heterocycles. The molecule has 4 aromatic rings. The van der Waals surface area contributed by atoms with Crippen LogP contribution in [0.2, 0.25) is 0 Å². The molecule has 0 radical (unpaired) electrons. The molecule has 2 aromatic heterocycles. The van der Waals surface area contributed by atoms with E-state index in [4.69, 9.17) is 4.42 Å². The number of carbonyl (C=O) groups excluding carboxylic acids is 1. The second-order valence-corrected chi connectivity index (χ2v) is 4.85. The molecule has 0 N–H and O–H groups in total. The fourth-order valence-electron chi connectivity index (χ4n) is 2.74. The lowest BCUT2D eigenvalue weighted by Crippen LogP contribution is -1.93. The normalized spacial score (nSPS) is 11.4. The van der Waals surface area contributed by atoms with Crippen molar-refractivity contribution in [1.82, 2.24) is 4.98 Å². The third kappa shape index (κ3) is 1.40. The van der Waals surface area contributed by atoms with Crippen molar-refractivity contribution in [3.63, 3.8) is 0 Å². The van der Waals surface area contributed by atoms with E-state index in [9.17, 15) is 4.79 Å². The number of para-hydroxylation sites is 1. The Bertz CT molecular complexity index is 982. The predicted octanol–water partition coefficient (Wildman–Crippen LogP) is 4.34. The number of ketones is 1. The third-order valence-corrected chi connectivity index (χ3v) is 3.64. The molecule has 0 unspecified atom stereocenters. The molecule has 0 aliphatic rings. The first-order valence-electron chi connectivity index (χ1n) is 6.45. The number of hydrogen-bond acceptors (Lipinski definition) is 3. The molecule has 0 bridgehead atoms. The molecule has 0 spiro atoms. The zero-order valence-electron chi connectivity index (χ0n) is 10.9. The Hall–Kier alpha value is -2.68. The van der Waals surface area contributed by atoms with Crippen molar-refractivity contribution in [2.24, 2.45) is 0 Å². The average Bonchev–Trinajstić information content (AvgIpc) is 2.85. The van der Waals surface area contributed by atoms with E-state index in [1.165, 1.54) is 0 Å². The summed E-state index contributed by atoms with van der Waals surface area (Å²) in [6.07, 6.45) is 1.55. The zero-order valence-corrected chi connectivity index (χ0v) is 10.9. The van der Waals surface area contributed by atoms with Crippen LogP contribution in [0.15, 0.2) is 53.1 Å². The van der Waals surface area contributed by atoms with Crippen LogP contribution in [0.1, 0.15) is 17.3 Å². The monoisotopic (exact) mass is 261 g/mol. The van der Waals surface area contributed by atoms with Crippen LogP contribution in [0, 0.1) is 0 Å². The van der Waals surface area contributed by atoms with Crippen LogP contribution in [0.4, 0.5) is 0 Å². The number of benzene rings is 2. The highest BCUT2D eigenvalue weighted by Gasteiger charge is 2.14. The van der Waals surface area contributed by atoms with Crippen LogP contribution in [0.25, 0.3) is 32.8 Å². The predicted molar refractivity (Wildman–Crippen MR) is 79.0 cm³/mol. The molecule has 3 nitrogen and oxygen atoms in total. The summed E-state index contributed by atoms with van der Waals surface area (Å²) in [7, 11) is 0. The second-order valence-electron chi connectivity index (χ2n) is 4.85. The first-order chi connectivity index (χ1) is 9.75. The molecule has 0 aliphatic carbocycles. The highest BCUT2D eigenvalue weighted by Crippen LogP contribution is 2.32. The van der Waals surface area contributed by atoms with Gasteiger partial charge in [0.2, 0.25) is 0 Å². The summed E-state index contributed by atoms with van der Waals surface area (Å²) in [5, 5.41) is 2.95. The number of fused-ring (bicyclic) bond motifs is 5. The average molecular weight is 261 g/mol. The van der Waals surface area contributed by atoms with Crippen LogP contribution in [-0.2, 0) is 0 Å².